The average Bonchev–Trinajstić information content (AvgIpc) is 1.67. The predicted molar refractivity (Wildman–Crippen MR) is 34.5 cm³/mol. The van der Waals surface area contributed by atoms with Crippen LogP contribution in [0.5, 0.6) is 0 Å². The summed E-state index contributed by atoms with van der Waals surface area (Å²) in [6, 6.07) is 0. The fourth-order valence-corrected chi connectivity index (χ4v) is 0.394. The number of aliphatic hydroxyl groups is 1. The highest BCUT2D eigenvalue weighted by Gasteiger charge is 2.14. The number of rotatable bonds is 3. The molecule has 0 saturated heterocycles. The SMILES string of the molecule is C=CCC(C)(O)CN. The quantitative estimate of drug-likeness (QED) is 0.519. The third-order valence-electron chi connectivity index (χ3n) is 1.02. The molecule has 0 aliphatic heterocycles. The average molecular weight is 115 g/mol. The summed E-state index contributed by atoms with van der Waals surface area (Å²) >= 11 is 0. The van der Waals surface area contributed by atoms with Crippen molar-refractivity contribution < 1.29 is 5.11 Å². The van der Waals surface area contributed by atoms with Gasteiger partial charge in [0.2, 0.25) is 0 Å². The van der Waals surface area contributed by atoms with Crippen molar-refractivity contribution in [1.82, 2.24) is 0 Å². The highest BCUT2D eigenvalue weighted by atomic mass is 16.3. The number of nitrogens with two attached hydrogens (primary N) is 1. The van der Waals surface area contributed by atoms with Crippen LogP contribution >= 0.6 is 0 Å². The Labute approximate surface area is 50.0 Å². The van der Waals surface area contributed by atoms with Gasteiger partial charge >= 0.3 is 0 Å². The van der Waals surface area contributed by atoms with E-state index in [1.165, 1.54) is 0 Å². The summed E-state index contributed by atoms with van der Waals surface area (Å²) in [4.78, 5) is 0. The van der Waals surface area contributed by atoms with E-state index in [4.69, 9.17) is 10.8 Å². The Bertz CT molecular complexity index is 78.6. The van der Waals surface area contributed by atoms with Gasteiger partial charge in [-0.2, -0.15) is 0 Å². The van der Waals surface area contributed by atoms with E-state index in [0.29, 0.717) is 13.0 Å². The molecule has 0 rings (SSSR count). The zero-order valence-electron chi connectivity index (χ0n) is 5.22. The van der Waals surface area contributed by atoms with Crippen molar-refractivity contribution in [2.75, 3.05) is 6.54 Å². The Kier molecular flexibility index (Phi) is 2.72. The topological polar surface area (TPSA) is 46.2 Å². The van der Waals surface area contributed by atoms with Crippen molar-refractivity contribution in [3.05, 3.63) is 12.7 Å². The molecule has 0 bridgehead atoms. The van der Waals surface area contributed by atoms with Gasteiger partial charge in [-0.3, -0.25) is 0 Å². The molecule has 0 aromatic heterocycles. The summed E-state index contributed by atoms with van der Waals surface area (Å²) in [6.45, 7) is 5.46. The monoisotopic (exact) mass is 115 g/mol. The standard InChI is InChI=1S/C6H13NO/c1-3-4-6(2,8)5-7/h3,8H,1,4-5,7H2,2H3. The van der Waals surface area contributed by atoms with Gasteiger partial charge in [0.25, 0.3) is 0 Å². The van der Waals surface area contributed by atoms with Crippen molar-refractivity contribution in [2.24, 2.45) is 5.73 Å². The van der Waals surface area contributed by atoms with E-state index in [1.54, 1.807) is 13.0 Å². The second-order valence-electron chi connectivity index (χ2n) is 2.19. The summed E-state index contributed by atoms with van der Waals surface area (Å²) in [5.41, 5.74) is 4.45. The van der Waals surface area contributed by atoms with Crippen LogP contribution in [0.25, 0.3) is 0 Å². The summed E-state index contributed by atoms with van der Waals surface area (Å²) in [6.07, 6.45) is 2.22. The Morgan fingerprint density at radius 3 is 2.50 bits per heavy atom. The number of hydrogen-bond acceptors (Lipinski definition) is 2. The first-order chi connectivity index (χ1) is 3.62. The maximum atomic E-state index is 9.13. The zero-order valence-corrected chi connectivity index (χ0v) is 5.22. The van der Waals surface area contributed by atoms with Crippen molar-refractivity contribution in [3.8, 4) is 0 Å². The van der Waals surface area contributed by atoms with Crippen LogP contribution in [-0.4, -0.2) is 17.3 Å². The largest absolute Gasteiger partial charge is 0.389 e. The molecule has 0 amide bonds. The minimum atomic E-state index is -0.748. The molecule has 0 heterocycles. The molecule has 0 aromatic carbocycles. The molecule has 0 radical (unpaired) electrons. The second-order valence-corrected chi connectivity index (χ2v) is 2.19. The van der Waals surface area contributed by atoms with Gasteiger partial charge in [0.05, 0.1) is 5.60 Å². The normalized spacial score (nSPS) is 17.4. The summed E-state index contributed by atoms with van der Waals surface area (Å²) < 4.78 is 0. The summed E-state index contributed by atoms with van der Waals surface area (Å²) in [7, 11) is 0. The molecule has 0 spiro atoms. The number of hydrogen-bond donors (Lipinski definition) is 2. The lowest BCUT2D eigenvalue weighted by Crippen LogP contribution is -2.33. The first kappa shape index (κ1) is 7.66. The first-order valence-electron chi connectivity index (χ1n) is 2.66. The second kappa shape index (κ2) is 2.84. The fraction of sp³-hybridized carbons (Fsp3) is 0.667. The summed E-state index contributed by atoms with van der Waals surface area (Å²) in [5, 5.41) is 9.13. The van der Waals surface area contributed by atoms with Gasteiger partial charge in [-0.25, -0.2) is 0 Å². The van der Waals surface area contributed by atoms with Crippen LogP contribution < -0.4 is 5.73 Å². The van der Waals surface area contributed by atoms with Crippen molar-refractivity contribution in [1.29, 1.82) is 0 Å². The van der Waals surface area contributed by atoms with Gasteiger partial charge in [-0.1, -0.05) is 6.08 Å². The molecule has 1 unspecified atom stereocenters. The van der Waals surface area contributed by atoms with E-state index < -0.39 is 5.60 Å². The predicted octanol–water partition coefficient (Wildman–Crippen LogP) is 0.272. The molecule has 0 aliphatic carbocycles. The molecular weight excluding hydrogens is 102 g/mol. The van der Waals surface area contributed by atoms with Crippen molar-refractivity contribution in [3.63, 3.8) is 0 Å². The van der Waals surface area contributed by atoms with Gasteiger partial charge < -0.3 is 10.8 Å². The van der Waals surface area contributed by atoms with Gasteiger partial charge in [0.1, 0.15) is 0 Å². The molecule has 0 aromatic rings. The third kappa shape index (κ3) is 2.77. The maximum Gasteiger partial charge on any atom is 0.0775 e. The lowest BCUT2D eigenvalue weighted by molar-refractivity contribution is 0.0726. The molecule has 48 valence electrons. The molecule has 8 heavy (non-hydrogen) atoms. The van der Waals surface area contributed by atoms with Gasteiger partial charge in [-0.05, 0) is 13.3 Å². The fourth-order valence-electron chi connectivity index (χ4n) is 0.394. The lowest BCUT2D eigenvalue weighted by Gasteiger charge is -2.17. The van der Waals surface area contributed by atoms with Crippen molar-refractivity contribution >= 4 is 0 Å². The molecular formula is C6H13NO. The zero-order chi connectivity index (χ0) is 6.62. The van der Waals surface area contributed by atoms with Crippen LogP contribution in [0.1, 0.15) is 13.3 Å². The minimum absolute atomic E-state index is 0.291. The van der Waals surface area contributed by atoms with E-state index in [9.17, 15) is 0 Å². The van der Waals surface area contributed by atoms with E-state index >= 15 is 0 Å². The molecule has 2 nitrogen and oxygen atoms in total. The molecule has 1 atom stereocenters. The lowest BCUT2D eigenvalue weighted by atomic mass is 10.0. The van der Waals surface area contributed by atoms with E-state index in [-0.39, 0.29) is 0 Å². The first-order valence-corrected chi connectivity index (χ1v) is 2.66. The van der Waals surface area contributed by atoms with Crippen molar-refractivity contribution in [2.45, 2.75) is 18.9 Å². The smallest absolute Gasteiger partial charge is 0.0775 e. The highest BCUT2D eigenvalue weighted by molar-refractivity contribution is 4.82. The highest BCUT2D eigenvalue weighted by Crippen LogP contribution is 2.05. The third-order valence-corrected chi connectivity index (χ3v) is 1.02. The van der Waals surface area contributed by atoms with E-state index in [0.717, 1.165) is 0 Å². The van der Waals surface area contributed by atoms with Crippen LogP contribution in [0.4, 0.5) is 0 Å². The maximum absolute atomic E-state index is 9.13. The van der Waals surface area contributed by atoms with Crippen LogP contribution in [0.3, 0.4) is 0 Å². The van der Waals surface area contributed by atoms with E-state index in [1.807, 2.05) is 0 Å². The Hall–Kier alpha value is -0.340. The van der Waals surface area contributed by atoms with Gasteiger partial charge in [-0.15, -0.1) is 6.58 Å². The molecule has 2 heteroatoms. The van der Waals surface area contributed by atoms with Crippen LogP contribution in [-0.2, 0) is 0 Å². The van der Waals surface area contributed by atoms with Crippen LogP contribution in [0, 0.1) is 0 Å². The van der Waals surface area contributed by atoms with Crippen LogP contribution in [0.15, 0.2) is 12.7 Å². The van der Waals surface area contributed by atoms with E-state index in [2.05, 4.69) is 6.58 Å². The molecule has 0 saturated carbocycles. The molecule has 0 fully saturated rings. The summed E-state index contributed by atoms with van der Waals surface area (Å²) in [5.74, 6) is 0. The minimum Gasteiger partial charge on any atom is -0.389 e. The van der Waals surface area contributed by atoms with Gasteiger partial charge in [0, 0.05) is 6.54 Å². The molecule has 3 N–H and O–H groups in total. The Morgan fingerprint density at radius 1 is 1.88 bits per heavy atom. The Balaban J connectivity index is 3.53. The van der Waals surface area contributed by atoms with Crippen LogP contribution in [0.2, 0.25) is 0 Å². The van der Waals surface area contributed by atoms with Gasteiger partial charge in [0.15, 0.2) is 0 Å². The Morgan fingerprint density at radius 2 is 2.38 bits per heavy atom. The molecule has 0 aliphatic rings.